The van der Waals surface area contributed by atoms with Crippen LogP contribution in [0.15, 0.2) is 42.5 Å². The Balaban J connectivity index is 1.54. The van der Waals surface area contributed by atoms with E-state index in [2.05, 4.69) is 5.32 Å². The van der Waals surface area contributed by atoms with Gasteiger partial charge in [-0.25, -0.2) is 0 Å². The molecule has 2 amide bonds. The van der Waals surface area contributed by atoms with E-state index in [1.54, 1.807) is 24.3 Å². The number of carbonyl (C=O) groups is 2. The maximum Gasteiger partial charge on any atom is 0.417 e. The molecular formula is C22H22ClF3N2O4. The van der Waals surface area contributed by atoms with Crippen LogP contribution in [0.1, 0.15) is 28.8 Å². The Morgan fingerprint density at radius 3 is 2.56 bits per heavy atom. The highest BCUT2D eigenvalue weighted by molar-refractivity contribution is 6.31. The summed E-state index contributed by atoms with van der Waals surface area (Å²) in [6.07, 6.45) is -2.60. The molecule has 1 saturated heterocycles. The third kappa shape index (κ3) is 6.37. The zero-order chi connectivity index (χ0) is 23.3. The summed E-state index contributed by atoms with van der Waals surface area (Å²) in [5.41, 5.74) is -0.779. The Hall–Kier alpha value is -2.78. The van der Waals surface area contributed by atoms with Crippen LogP contribution in [0.5, 0.6) is 5.75 Å². The molecule has 6 nitrogen and oxygen atoms in total. The maximum absolute atomic E-state index is 13.0. The molecule has 172 valence electrons. The summed E-state index contributed by atoms with van der Waals surface area (Å²) >= 11 is 5.57. The third-order valence-electron chi connectivity index (χ3n) is 4.84. The van der Waals surface area contributed by atoms with Crippen LogP contribution in [0.2, 0.25) is 5.02 Å². The van der Waals surface area contributed by atoms with Crippen molar-refractivity contribution in [1.82, 2.24) is 4.90 Å². The van der Waals surface area contributed by atoms with Gasteiger partial charge >= 0.3 is 6.18 Å². The van der Waals surface area contributed by atoms with E-state index >= 15 is 0 Å². The summed E-state index contributed by atoms with van der Waals surface area (Å²) in [6.45, 7) is 0.830. The Morgan fingerprint density at radius 1 is 1.22 bits per heavy atom. The van der Waals surface area contributed by atoms with Crippen molar-refractivity contribution in [1.29, 1.82) is 0 Å². The lowest BCUT2D eigenvalue weighted by atomic mass is 10.2. The largest absolute Gasteiger partial charge is 0.491 e. The van der Waals surface area contributed by atoms with Crippen LogP contribution in [0.25, 0.3) is 0 Å². The van der Waals surface area contributed by atoms with Gasteiger partial charge in [0.15, 0.2) is 0 Å². The van der Waals surface area contributed by atoms with Crippen LogP contribution in [-0.2, 0) is 15.7 Å². The van der Waals surface area contributed by atoms with Crippen molar-refractivity contribution in [2.24, 2.45) is 0 Å². The molecule has 0 bridgehead atoms. The fraction of sp³-hybridized carbons (Fsp3) is 0.364. The fourth-order valence-electron chi connectivity index (χ4n) is 3.19. The maximum atomic E-state index is 13.0. The van der Waals surface area contributed by atoms with Crippen molar-refractivity contribution < 1.29 is 32.2 Å². The summed E-state index contributed by atoms with van der Waals surface area (Å²) in [4.78, 5) is 25.9. The predicted molar refractivity (Wildman–Crippen MR) is 113 cm³/mol. The minimum Gasteiger partial charge on any atom is -0.491 e. The van der Waals surface area contributed by atoms with E-state index < -0.39 is 28.6 Å². The zero-order valence-electron chi connectivity index (χ0n) is 17.2. The van der Waals surface area contributed by atoms with Gasteiger partial charge in [-0.1, -0.05) is 11.6 Å². The predicted octanol–water partition coefficient (Wildman–Crippen LogP) is 4.63. The van der Waals surface area contributed by atoms with Crippen LogP contribution in [0.4, 0.5) is 18.9 Å². The van der Waals surface area contributed by atoms with Gasteiger partial charge in [0, 0.05) is 24.9 Å². The molecule has 1 aliphatic heterocycles. The molecule has 0 aliphatic carbocycles. The Labute approximate surface area is 188 Å². The molecule has 0 spiro atoms. The van der Waals surface area contributed by atoms with Crippen molar-refractivity contribution in [2.75, 3.05) is 32.1 Å². The van der Waals surface area contributed by atoms with Crippen molar-refractivity contribution in [3.63, 3.8) is 0 Å². The van der Waals surface area contributed by atoms with Crippen molar-refractivity contribution >= 4 is 29.1 Å². The second kappa shape index (κ2) is 10.2. The number of hydrogen-bond acceptors (Lipinski definition) is 4. The molecule has 0 saturated carbocycles. The van der Waals surface area contributed by atoms with E-state index in [1.165, 1.54) is 13.1 Å². The molecule has 10 heteroatoms. The van der Waals surface area contributed by atoms with E-state index in [1.807, 2.05) is 0 Å². The van der Waals surface area contributed by atoms with Crippen LogP contribution < -0.4 is 10.1 Å². The Bertz CT molecular complexity index is 961. The molecule has 1 atom stereocenters. The Kier molecular flexibility index (Phi) is 7.63. The number of anilines is 1. The van der Waals surface area contributed by atoms with Gasteiger partial charge in [0.25, 0.3) is 5.91 Å². The normalized spacial score (nSPS) is 16.0. The monoisotopic (exact) mass is 470 g/mol. The van der Waals surface area contributed by atoms with Gasteiger partial charge in [-0.15, -0.1) is 0 Å². The van der Waals surface area contributed by atoms with Gasteiger partial charge in [0.2, 0.25) is 5.91 Å². The number of nitrogens with one attached hydrogen (secondary N) is 1. The van der Waals surface area contributed by atoms with E-state index in [9.17, 15) is 22.8 Å². The average molecular weight is 471 g/mol. The molecule has 32 heavy (non-hydrogen) atoms. The molecular weight excluding hydrogens is 449 g/mol. The number of hydrogen-bond donors (Lipinski definition) is 1. The van der Waals surface area contributed by atoms with Gasteiger partial charge in [-0.3, -0.25) is 9.59 Å². The van der Waals surface area contributed by atoms with E-state index in [0.717, 1.165) is 36.5 Å². The zero-order valence-corrected chi connectivity index (χ0v) is 18.0. The molecule has 0 radical (unpaired) electrons. The van der Waals surface area contributed by atoms with Crippen LogP contribution in [0.3, 0.4) is 0 Å². The van der Waals surface area contributed by atoms with Gasteiger partial charge in [0.1, 0.15) is 12.4 Å². The number of halogens is 4. The van der Waals surface area contributed by atoms with Gasteiger partial charge in [0.05, 0.1) is 23.2 Å². The molecule has 2 aromatic rings. The summed E-state index contributed by atoms with van der Waals surface area (Å²) in [6, 6.07) is 9.53. The summed E-state index contributed by atoms with van der Waals surface area (Å²) in [5, 5.41) is 1.88. The highest BCUT2D eigenvalue weighted by atomic mass is 35.5. The van der Waals surface area contributed by atoms with E-state index in [-0.39, 0.29) is 18.3 Å². The number of rotatable bonds is 7. The minimum absolute atomic E-state index is 0.0692. The summed E-state index contributed by atoms with van der Waals surface area (Å²) in [5.74, 6) is -0.466. The number of nitrogens with zero attached hydrogens (tertiary/aromatic N) is 1. The molecule has 0 unspecified atom stereocenters. The quantitative estimate of drug-likeness (QED) is 0.641. The third-order valence-corrected chi connectivity index (χ3v) is 5.17. The lowest BCUT2D eigenvalue weighted by Crippen LogP contribution is -2.35. The molecule has 3 rings (SSSR count). The molecule has 0 aromatic heterocycles. The number of likely N-dealkylation sites (N-methyl/N-ethyl adjacent to an activating group) is 1. The standard InChI is InChI=1S/C22H22ClF3N2O4/c1-28(12-20(29)27-15-6-9-19(23)18(11-15)22(24,25)26)21(30)14-4-7-16(8-5-14)32-13-17-3-2-10-31-17/h4-9,11,17H,2-3,10,12-13H2,1H3,(H,27,29)/t17-/m1/s1. The lowest BCUT2D eigenvalue weighted by Gasteiger charge is -2.18. The second-order valence-electron chi connectivity index (χ2n) is 7.37. The highest BCUT2D eigenvalue weighted by Crippen LogP contribution is 2.36. The number of amides is 2. The van der Waals surface area contributed by atoms with Crippen LogP contribution in [0, 0.1) is 0 Å². The number of ether oxygens (including phenoxy) is 2. The average Bonchev–Trinajstić information content (AvgIpc) is 3.26. The first-order valence-electron chi connectivity index (χ1n) is 9.90. The number of benzene rings is 2. The first kappa shape index (κ1) is 23.9. The lowest BCUT2D eigenvalue weighted by molar-refractivity contribution is -0.137. The van der Waals surface area contributed by atoms with Crippen molar-refractivity contribution in [3.8, 4) is 5.75 Å². The molecule has 2 aromatic carbocycles. The second-order valence-corrected chi connectivity index (χ2v) is 7.78. The molecule has 1 heterocycles. The molecule has 1 N–H and O–H groups in total. The van der Waals surface area contributed by atoms with Gasteiger partial charge in [-0.05, 0) is 55.3 Å². The fourth-order valence-corrected chi connectivity index (χ4v) is 3.41. The molecule has 1 fully saturated rings. The summed E-state index contributed by atoms with van der Waals surface area (Å²) in [7, 11) is 1.42. The van der Waals surface area contributed by atoms with Crippen molar-refractivity contribution in [2.45, 2.75) is 25.1 Å². The van der Waals surface area contributed by atoms with Gasteiger partial charge < -0.3 is 19.7 Å². The Morgan fingerprint density at radius 2 is 1.94 bits per heavy atom. The first-order valence-corrected chi connectivity index (χ1v) is 10.3. The van der Waals surface area contributed by atoms with Crippen LogP contribution >= 0.6 is 11.6 Å². The SMILES string of the molecule is CN(CC(=O)Nc1ccc(Cl)c(C(F)(F)F)c1)C(=O)c1ccc(OC[C@H]2CCCO2)cc1. The highest BCUT2D eigenvalue weighted by Gasteiger charge is 2.33. The molecule has 1 aliphatic rings. The van der Waals surface area contributed by atoms with E-state index in [0.29, 0.717) is 17.9 Å². The van der Waals surface area contributed by atoms with Crippen molar-refractivity contribution in [3.05, 3.63) is 58.6 Å². The first-order chi connectivity index (χ1) is 15.1. The smallest absolute Gasteiger partial charge is 0.417 e. The topological polar surface area (TPSA) is 67.9 Å². The van der Waals surface area contributed by atoms with Gasteiger partial charge in [-0.2, -0.15) is 13.2 Å². The summed E-state index contributed by atoms with van der Waals surface area (Å²) < 4.78 is 50.0. The van der Waals surface area contributed by atoms with E-state index in [4.69, 9.17) is 21.1 Å². The minimum atomic E-state index is -4.65. The number of carbonyl (C=O) groups excluding carboxylic acids is 2. The van der Waals surface area contributed by atoms with Crippen LogP contribution in [-0.4, -0.2) is 49.6 Å². The number of alkyl halides is 3.